The summed E-state index contributed by atoms with van der Waals surface area (Å²) in [6.45, 7) is 0.106. The summed E-state index contributed by atoms with van der Waals surface area (Å²) in [7, 11) is -2.39. The zero-order valence-electron chi connectivity index (χ0n) is 9.08. The molecule has 0 radical (unpaired) electrons. The number of hydrogen-bond donors (Lipinski definition) is 1. The van der Waals surface area contributed by atoms with Crippen LogP contribution in [0.5, 0.6) is 0 Å². The van der Waals surface area contributed by atoms with Crippen LogP contribution >= 0.6 is 0 Å². The Labute approximate surface area is 97.6 Å². The van der Waals surface area contributed by atoms with Crippen molar-refractivity contribution in [2.24, 2.45) is 0 Å². The van der Waals surface area contributed by atoms with Gasteiger partial charge in [-0.2, -0.15) is 13.2 Å². The van der Waals surface area contributed by atoms with Crippen molar-refractivity contribution in [2.75, 3.05) is 19.3 Å². The Kier molecular flexibility index (Phi) is 4.16. The molecule has 1 aromatic rings. The largest absolute Gasteiger partial charge is 0.417 e. The molecule has 0 spiro atoms. The number of benzene rings is 1. The third kappa shape index (κ3) is 3.44. The van der Waals surface area contributed by atoms with Gasteiger partial charge in [0.1, 0.15) is 0 Å². The smallest absolute Gasteiger partial charge is 0.319 e. The Morgan fingerprint density at radius 1 is 1.24 bits per heavy atom. The first-order valence-electron chi connectivity index (χ1n) is 4.82. The van der Waals surface area contributed by atoms with Gasteiger partial charge in [-0.3, -0.25) is 0 Å². The van der Waals surface area contributed by atoms with Crippen LogP contribution < -0.4 is 5.32 Å². The highest BCUT2D eigenvalue weighted by atomic mass is 32.2. The quantitative estimate of drug-likeness (QED) is 0.903. The maximum atomic E-state index is 12.6. The fourth-order valence-corrected chi connectivity index (χ4v) is 2.82. The van der Waals surface area contributed by atoms with Gasteiger partial charge in [-0.25, -0.2) is 8.42 Å². The Hall–Kier alpha value is -1.08. The number of halogens is 3. The molecule has 0 fully saturated rings. The second kappa shape index (κ2) is 5.05. The first-order chi connectivity index (χ1) is 7.79. The lowest BCUT2D eigenvalue weighted by atomic mass is 10.2. The summed E-state index contributed by atoms with van der Waals surface area (Å²) in [5, 5.41) is 2.59. The maximum Gasteiger partial charge on any atom is 0.417 e. The van der Waals surface area contributed by atoms with Crippen molar-refractivity contribution < 1.29 is 21.6 Å². The van der Waals surface area contributed by atoms with Crippen LogP contribution in [0.4, 0.5) is 13.2 Å². The van der Waals surface area contributed by atoms with E-state index in [1.54, 1.807) is 0 Å². The number of hydrogen-bond acceptors (Lipinski definition) is 3. The van der Waals surface area contributed by atoms with Gasteiger partial charge in [-0.05, 0) is 19.2 Å². The Bertz CT molecular complexity index is 483. The van der Waals surface area contributed by atoms with E-state index in [1.165, 1.54) is 19.2 Å². The second-order valence-electron chi connectivity index (χ2n) is 3.42. The molecular formula is C10H12F3NO2S. The minimum absolute atomic E-state index is 0.106. The van der Waals surface area contributed by atoms with E-state index < -0.39 is 26.5 Å². The fourth-order valence-electron chi connectivity index (χ4n) is 1.32. The summed E-state index contributed by atoms with van der Waals surface area (Å²) >= 11 is 0. The van der Waals surface area contributed by atoms with Crippen molar-refractivity contribution in [3.8, 4) is 0 Å². The van der Waals surface area contributed by atoms with E-state index in [2.05, 4.69) is 5.32 Å². The second-order valence-corrected chi connectivity index (χ2v) is 5.49. The van der Waals surface area contributed by atoms with Crippen molar-refractivity contribution in [1.82, 2.24) is 5.32 Å². The Morgan fingerprint density at radius 3 is 2.35 bits per heavy atom. The van der Waals surface area contributed by atoms with Crippen molar-refractivity contribution in [3.05, 3.63) is 29.8 Å². The average Bonchev–Trinajstić information content (AvgIpc) is 2.25. The SMILES string of the molecule is CNCCS(=O)(=O)c1ccccc1C(F)(F)F. The molecule has 0 unspecified atom stereocenters. The summed E-state index contributed by atoms with van der Waals surface area (Å²) in [6.07, 6.45) is -4.66. The molecule has 0 aromatic heterocycles. The topological polar surface area (TPSA) is 46.2 Å². The van der Waals surface area contributed by atoms with Crippen LogP contribution in [0.15, 0.2) is 29.2 Å². The van der Waals surface area contributed by atoms with Gasteiger partial charge in [0.15, 0.2) is 9.84 Å². The maximum absolute atomic E-state index is 12.6. The molecule has 96 valence electrons. The summed E-state index contributed by atoms with van der Waals surface area (Å²) < 4.78 is 61.3. The van der Waals surface area contributed by atoms with Crippen LogP contribution in [0.1, 0.15) is 5.56 Å². The molecule has 7 heteroatoms. The molecule has 0 aliphatic rings. The van der Waals surface area contributed by atoms with Crippen LogP contribution in [0.2, 0.25) is 0 Å². The van der Waals surface area contributed by atoms with Crippen LogP contribution in [0.3, 0.4) is 0 Å². The number of alkyl halides is 3. The van der Waals surface area contributed by atoms with Gasteiger partial charge in [0.2, 0.25) is 0 Å². The molecule has 0 saturated heterocycles. The standard InChI is InChI=1S/C10H12F3NO2S/c1-14-6-7-17(15,16)9-5-3-2-4-8(9)10(11,12)13/h2-5,14H,6-7H2,1H3. The lowest BCUT2D eigenvalue weighted by Gasteiger charge is -2.12. The molecule has 17 heavy (non-hydrogen) atoms. The molecule has 0 aliphatic heterocycles. The fraction of sp³-hybridized carbons (Fsp3) is 0.400. The Morgan fingerprint density at radius 2 is 1.82 bits per heavy atom. The van der Waals surface area contributed by atoms with E-state index in [4.69, 9.17) is 0 Å². The van der Waals surface area contributed by atoms with E-state index in [1.807, 2.05) is 0 Å². The molecule has 0 heterocycles. The van der Waals surface area contributed by atoms with Gasteiger partial charge >= 0.3 is 6.18 Å². The predicted molar refractivity (Wildman–Crippen MR) is 57.4 cm³/mol. The monoisotopic (exact) mass is 267 g/mol. The van der Waals surface area contributed by atoms with E-state index in [0.29, 0.717) is 0 Å². The third-order valence-electron chi connectivity index (χ3n) is 2.15. The first-order valence-corrected chi connectivity index (χ1v) is 6.48. The Balaban J connectivity index is 3.23. The number of rotatable bonds is 4. The highest BCUT2D eigenvalue weighted by molar-refractivity contribution is 7.91. The number of nitrogens with one attached hydrogen (secondary N) is 1. The highest BCUT2D eigenvalue weighted by Gasteiger charge is 2.36. The molecule has 3 nitrogen and oxygen atoms in total. The van der Waals surface area contributed by atoms with E-state index >= 15 is 0 Å². The van der Waals surface area contributed by atoms with E-state index in [-0.39, 0.29) is 12.3 Å². The highest BCUT2D eigenvalue weighted by Crippen LogP contribution is 2.34. The van der Waals surface area contributed by atoms with Crippen LogP contribution in [0, 0.1) is 0 Å². The van der Waals surface area contributed by atoms with Crippen LogP contribution in [-0.4, -0.2) is 27.8 Å². The van der Waals surface area contributed by atoms with Gasteiger partial charge in [0.25, 0.3) is 0 Å². The van der Waals surface area contributed by atoms with E-state index in [0.717, 1.165) is 12.1 Å². The normalized spacial score (nSPS) is 12.7. The molecule has 1 N–H and O–H groups in total. The predicted octanol–water partition coefficient (Wildman–Crippen LogP) is 1.70. The summed E-state index contributed by atoms with van der Waals surface area (Å²) in [5.41, 5.74) is -1.11. The van der Waals surface area contributed by atoms with Crippen molar-refractivity contribution in [3.63, 3.8) is 0 Å². The molecular weight excluding hydrogens is 255 g/mol. The molecule has 0 amide bonds. The van der Waals surface area contributed by atoms with Crippen molar-refractivity contribution >= 4 is 9.84 Å². The molecule has 1 aromatic carbocycles. The van der Waals surface area contributed by atoms with Crippen LogP contribution in [-0.2, 0) is 16.0 Å². The van der Waals surface area contributed by atoms with Crippen molar-refractivity contribution in [1.29, 1.82) is 0 Å². The van der Waals surface area contributed by atoms with Crippen LogP contribution in [0.25, 0.3) is 0 Å². The molecule has 0 saturated carbocycles. The van der Waals surface area contributed by atoms with Crippen molar-refractivity contribution in [2.45, 2.75) is 11.1 Å². The minimum atomic E-state index is -4.66. The minimum Gasteiger partial charge on any atom is -0.319 e. The summed E-state index contributed by atoms with van der Waals surface area (Å²) in [5.74, 6) is -0.364. The first kappa shape index (κ1) is 14.0. The molecule has 1 rings (SSSR count). The summed E-state index contributed by atoms with van der Waals surface area (Å²) in [4.78, 5) is -0.664. The summed E-state index contributed by atoms with van der Waals surface area (Å²) in [6, 6.07) is 4.20. The molecule has 0 atom stereocenters. The molecule has 0 bridgehead atoms. The average molecular weight is 267 g/mol. The lowest BCUT2D eigenvalue weighted by Crippen LogP contribution is -2.22. The van der Waals surface area contributed by atoms with Gasteiger partial charge in [-0.15, -0.1) is 0 Å². The van der Waals surface area contributed by atoms with Gasteiger partial charge in [0.05, 0.1) is 16.2 Å². The zero-order valence-corrected chi connectivity index (χ0v) is 9.90. The van der Waals surface area contributed by atoms with Gasteiger partial charge in [0, 0.05) is 6.54 Å². The van der Waals surface area contributed by atoms with E-state index in [9.17, 15) is 21.6 Å². The van der Waals surface area contributed by atoms with Gasteiger partial charge < -0.3 is 5.32 Å². The lowest BCUT2D eigenvalue weighted by molar-refractivity contribution is -0.139. The zero-order chi connectivity index (χ0) is 13.1. The molecule has 0 aliphatic carbocycles. The third-order valence-corrected chi connectivity index (χ3v) is 3.92. The van der Waals surface area contributed by atoms with Gasteiger partial charge in [-0.1, -0.05) is 12.1 Å². The number of sulfone groups is 1.